The molecule has 0 saturated carbocycles. The molecule has 0 bridgehead atoms. The fourth-order valence-corrected chi connectivity index (χ4v) is 1.59. The topological polar surface area (TPSA) is 116 Å². The molecule has 0 aromatic rings. The first kappa shape index (κ1) is 16.3. The van der Waals surface area contributed by atoms with Gasteiger partial charge in [0, 0.05) is 12.6 Å². The van der Waals surface area contributed by atoms with Crippen LogP contribution in [0.15, 0.2) is 12.7 Å². The highest BCUT2D eigenvalue weighted by atomic mass is 16.2. The Morgan fingerprint density at radius 3 is 2.29 bits per heavy atom. The Bertz CT molecular complexity index is 514. The fraction of sp³-hybridized carbons (Fsp3) is 0.417. The first-order valence-electron chi connectivity index (χ1n) is 6.16. The Morgan fingerprint density at radius 2 is 1.76 bits per heavy atom. The van der Waals surface area contributed by atoms with Gasteiger partial charge >= 0.3 is 23.9 Å². The highest BCUT2D eigenvalue weighted by Crippen LogP contribution is 2.11. The van der Waals surface area contributed by atoms with Crippen molar-refractivity contribution in [1.82, 2.24) is 20.4 Å². The lowest BCUT2D eigenvalue weighted by Crippen LogP contribution is -2.47. The molecule has 1 saturated heterocycles. The maximum Gasteiger partial charge on any atom is 0.335 e. The number of urea groups is 2. The summed E-state index contributed by atoms with van der Waals surface area (Å²) < 4.78 is 0. The smallest absolute Gasteiger partial charge is 0.335 e. The third kappa shape index (κ3) is 3.88. The van der Waals surface area contributed by atoms with Crippen molar-refractivity contribution in [3.63, 3.8) is 0 Å². The molecule has 2 N–H and O–H groups in total. The van der Waals surface area contributed by atoms with Crippen molar-refractivity contribution in [1.29, 1.82) is 0 Å². The van der Waals surface area contributed by atoms with Crippen LogP contribution in [0.4, 0.5) is 9.59 Å². The van der Waals surface area contributed by atoms with Crippen LogP contribution in [0.25, 0.3) is 0 Å². The second kappa shape index (κ2) is 6.64. The zero-order valence-electron chi connectivity index (χ0n) is 11.7. The number of carbonyl (C=O) groups excluding carboxylic acids is 5. The van der Waals surface area contributed by atoms with E-state index in [0.29, 0.717) is 9.80 Å². The van der Waals surface area contributed by atoms with Crippen LogP contribution in [0.2, 0.25) is 0 Å². The standard InChI is InChI=1S/C12H16N4O5/c1-4-5-15-9(18)10(19)16(12(15)21)6-8(17)14-11(20)13-7(2)3/h4,7H,1,5-6H2,2-3H3,(H2,13,14,17,20). The van der Waals surface area contributed by atoms with E-state index in [9.17, 15) is 24.0 Å². The van der Waals surface area contributed by atoms with Crippen LogP contribution in [0.1, 0.15) is 13.8 Å². The van der Waals surface area contributed by atoms with Crippen LogP contribution in [0.3, 0.4) is 0 Å². The summed E-state index contributed by atoms with van der Waals surface area (Å²) in [5, 5.41) is 4.36. The SMILES string of the molecule is C=CCN1C(=O)C(=O)N(CC(=O)NC(=O)NC(C)C)C1=O. The summed E-state index contributed by atoms with van der Waals surface area (Å²) in [6.07, 6.45) is 1.28. The number of hydrogen-bond acceptors (Lipinski definition) is 5. The van der Waals surface area contributed by atoms with Crippen LogP contribution < -0.4 is 10.6 Å². The number of imide groups is 3. The van der Waals surface area contributed by atoms with Crippen LogP contribution in [-0.2, 0) is 14.4 Å². The van der Waals surface area contributed by atoms with Crippen molar-refractivity contribution >= 4 is 29.8 Å². The number of nitrogens with one attached hydrogen (secondary N) is 2. The van der Waals surface area contributed by atoms with Crippen LogP contribution in [0.5, 0.6) is 0 Å². The number of hydrogen-bond donors (Lipinski definition) is 2. The van der Waals surface area contributed by atoms with Gasteiger partial charge in [0.25, 0.3) is 0 Å². The predicted octanol–water partition coefficient (Wildman–Crippen LogP) is -0.803. The highest BCUT2D eigenvalue weighted by Gasteiger charge is 2.44. The van der Waals surface area contributed by atoms with Gasteiger partial charge < -0.3 is 5.32 Å². The second-order valence-electron chi connectivity index (χ2n) is 4.55. The lowest BCUT2D eigenvalue weighted by molar-refractivity contribution is -0.143. The predicted molar refractivity (Wildman–Crippen MR) is 70.8 cm³/mol. The number of rotatable bonds is 5. The quantitative estimate of drug-likeness (QED) is 0.391. The van der Waals surface area contributed by atoms with Gasteiger partial charge in [-0.25, -0.2) is 14.5 Å². The molecule has 0 aliphatic carbocycles. The second-order valence-corrected chi connectivity index (χ2v) is 4.55. The summed E-state index contributed by atoms with van der Waals surface area (Å²) in [6.45, 7) is 5.92. The molecule has 1 aliphatic heterocycles. The normalized spacial score (nSPS) is 14.7. The van der Waals surface area contributed by atoms with Crippen molar-refractivity contribution in [3.8, 4) is 0 Å². The van der Waals surface area contributed by atoms with Crippen molar-refractivity contribution in [3.05, 3.63) is 12.7 Å². The van der Waals surface area contributed by atoms with E-state index in [0.717, 1.165) is 0 Å². The van der Waals surface area contributed by atoms with E-state index in [1.807, 2.05) is 5.32 Å². The molecule has 21 heavy (non-hydrogen) atoms. The van der Waals surface area contributed by atoms with Gasteiger partial charge in [0.2, 0.25) is 5.91 Å². The molecule has 0 aromatic heterocycles. The van der Waals surface area contributed by atoms with Crippen molar-refractivity contribution < 1.29 is 24.0 Å². The minimum absolute atomic E-state index is 0.130. The minimum atomic E-state index is -1.11. The number of carbonyl (C=O) groups is 5. The zero-order chi connectivity index (χ0) is 16.2. The number of nitrogens with zero attached hydrogens (tertiary/aromatic N) is 2. The maximum absolute atomic E-state index is 11.8. The minimum Gasteiger partial charge on any atom is -0.336 e. The molecule has 0 aromatic carbocycles. The van der Waals surface area contributed by atoms with Gasteiger partial charge in [0.15, 0.2) is 0 Å². The van der Waals surface area contributed by atoms with E-state index in [1.54, 1.807) is 13.8 Å². The Hall–Kier alpha value is -2.71. The van der Waals surface area contributed by atoms with Crippen LogP contribution in [-0.4, -0.2) is 58.7 Å². The molecule has 1 rings (SSSR count). The molecule has 7 amide bonds. The lowest BCUT2D eigenvalue weighted by Gasteiger charge is -2.14. The monoisotopic (exact) mass is 296 g/mol. The van der Waals surface area contributed by atoms with Gasteiger partial charge in [0.05, 0.1) is 0 Å². The average Bonchev–Trinajstić information content (AvgIpc) is 2.55. The Kier molecular flexibility index (Phi) is 5.17. The largest absolute Gasteiger partial charge is 0.336 e. The van der Waals surface area contributed by atoms with E-state index >= 15 is 0 Å². The van der Waals surface area contributed by atoms with E-state index in [1.165, 1.54) is 6.08 Å². The summed E-state index contributed by atoms with van der Waals surface area (Å²) >= 11 is 0. The lowest BCUT2D eigenvalue weighted by atomic mass is 10.4. The van der Waals surface area contributed by atoms with Gasteiger partial charge in [-0.15, -0.1) is 6.58 Å². The molecule has 1 fully saturated rings. The van der Waals surface area contributed by atoms with Crippen LogP contribution >= 0.6 is 0 Å². The third-order valence-corrected chi connectivity index (χ3v) is 2.42. The van der Waals surface area contributed by atoms with Gasteiger partial charge in [-0.2, -0.15) is 0 Å². The Balaban J connectivity index is 2.66. The molecular weight excluding hydrogens is 280 g/mol. The molecule has 9 heteroatoms. The van der Waals surface area contributed by atoms with E-state index in [-0.39, 0.29) is 12.6 Å². The molecule has 0 unspecified atom stereocenters. The summed E-state index contributed by atoms with van der Waals surface area (Å²) in [5.74, 6) is -3.01. The molecule has 114 valence electrons. The Morgan fingerprint density at radius 1 is 1.19 bits per heavy atom. The van der Waals surface area contributed by atoms with Gasteiger partial charge in [-0.3, -0.25) is 24.6 Å². The van der Waals surface area contributed by atoms with Gasteiger partial charge in [-0.1, -0.05) is 6.08 Å². The molecule has 0 radical (unpaired) electrons. The van der Waals surface area contributed by atoms with Crippen molar-refractivity contribution in [2.24, 2.45) is 0 Å². The van der Waals surface area contributed by atoms with E-state index < -0.39 is 36.3 Å². The maximum atomic E-state index is 11.8. The molecule has 0 atom stereocenters. The molecular formula is C12H16N4O5. The molecule has 9 nitrogen and oxygen atoms in total. The zero-order valence-corrected chi connectivity index (χ0v) is 11.7. The average molecular weight is 296 g/mol. The van der Waals surface area contributed by atoms with E-state index in [4.69, 9.17) is 0 Å². The highest BCUT2D eigenvalue weighted by molar-refractivity contribution is 6.45. The number of amides is 7. The Labute approximate surface area is 120 Å². The first-order valence-corrected chi connectivity index (χ1v) is 6.16. The molecule has 0 spiro atoms. The summed E-state index contributed by atoms with van der Waals surface area (Å²) in [7, 11) is 0. The molecule has 1 heterocycles. The summed E-state index contributed by atoms with van der Waals surface area (Å²) in [4.78, 5) is 59.0. The van der Waals surface area contributed by atoms with Crippen molar-refractivity contribution in [2.45, 2.75) is 19.9 Å². The fourth-order valence-electron chi connectivity index (χ4n) is 1.59. The third-order valence-electron chi connectivity index (χ3n) is 2.42. The summed E-state index contributed by atoms with van der Waals surface area (Å²) in [6, 6.07) is -1.84. The van der Waals surface area contributed by atoms with Crippen molar-refractivity contribution in [2.75, 3.05) is 13.1 Å². The van der Waals surface area contributed by atoms with Gasteiger partial charge in [0.1, 0.15) is 6.54 Å². The van der Waals surface area contributed by atoms with Gasteiger partial charge in [-0.05, 0) is 13.8 Å². The first-order chi connectivity index (χ1) is 9.77. The molecule has 1 aliphatic rings. The van der Waals surface area contributed by atoms with E-state index in [2.05, 4.69) is 11.9 Å². The van der Waals surface area contributed by atoms with Crippen LogP contribution in [0, 0.1) is 0 Å². The summed E-state index contributed by atoms with van der Waals surface area (Å²) in [5.41, 5.74) is 0.